The van der Waals surface area contributed by atoms with E-state index in [0.29, 0.717) is 0 Å². The van der Waals surface area contributed by atoms with Crippen LogP contribution in [-0.4, -0.2) is 5.91 Å². The van der Waals surface area contributed by atoms with Crippen LogP contribution in [0.3, 0.4) is 0 Å². The number of anilines is 1. The first-order chi connectivity index (χ1) is 5.68. The number of benzene rings is 1. The summed E-state index contributed by atoms with van der Waals surface area (Å²) in [7, 11) is 0. The highest BCUT2D eigenvalue weighted by atomic mass is 16.2. The third kappa shape index (κ3) is 0.905. The monoisotopic (exact) mass is 162 g/mol. The maximum Gasteiger partial charge on any atom is 0.245 e. The van der Waals surface area contributed by atoms with E-state index >= 15 is 0 Å². The predicted octanol–water partition coefficient (Wildman–Crippen LogP) is 0.947. The number of amides is 1. The standard InChI is InChI=1S/C9H10N2O/c1-5-2-3-7-6(4-5)8(10)9(12)11-7/h2-4,8H,10H2,1H3,(H,11,12). The molecule has 12 heavy (non-hydrogen) atoms. The Kier molecular flexibility index (Phi) is 1.41. The summed E-state index contributed by atoms with van der Waals surface area (Å²) in [6, 6.07) is 5.30. The number of nitrogens with one attached hydrogen (secondary N) is 1. The molecule has 1 aromatic rings. The van der Waals surface area contributed by atoms with Gasteiger partial charge < -0.3 is 11.1 Å². The number of nitrogens with two attached hydrogens (primary N) is 1. The molecule has 1 aromatic carbocycles. The SMILES string of the molecule is Cc1ccc2c(c1)C(N)C(=O)N2. The van der Waals surface area contributed by atoms with Gasteiger partial charge in [-0.25, -0.2) is 0 Å². The van der Waals surface area contributed by atoms with Gasteiger partial charge in [0.2, 0.25) is 5.91 Å². The minimum absolute atomic E-state index is 0.115. The van der Waals surface area contributed by atoms with Crippen molar-refractivity contribution in [1.82, 2.24) is 0 Å². The number of hydrogen-bond acceptors (Lipinski definition) is 2. The molecule has 1 aliphatic rings. The van der Waals surface area contributed by atoms with Crippen LogP contribution in [0.4, 0.5) is 5.69 Å². The van der Waals surface area contributed by atoms with Crippen molar-refractivity contribution < 1.29 is 4.79 Å². The van der Waals surface area contributed by atoms with E-state index < -0.39 is 6.04 Å². The molecule has 3 nitrogen and oxygen atoms in total. The average molecular weight is 162 g/mol. The molecule has 0 fully saturated rings. The average Bonchev–Trinajstić information content (AvgIpc) is 2.31. The number of fused-ring (bicyclic) bond motifs is 1. The van der Waals surface area contributed by atoms with Gasteiger partial charge in [-0.2, -0.15) is 0 Å². The van der Waals surface area contributed by atoms with Gasteiger partial charge in [0.15, 0.2) is 0 Å². The van der Waals surface area contributed by atoms with Gasteiger partial charge in [-0.3, -0.25) is 4.79 Å². The summed E-state index contributed by atoms with van der Waals surface area (Å²) in [5.74, 6) is -0.115. The molecule has 1 unspecified atom stereocenters. The van der Waals surface area contributed by atoms with E-state index in [0.717, 1.165) is 16.8 Å². The molecule has 0 saturated carbocycles. The molecule has 3 heteroatoms. The quantitative estimate of drug-likeness (QED) is 0.596. The Morgan fingerprint density at radius 3 is 3.00 bits per heavy atom. The molecule has 0 radical (unpaired) electrons. The first-order valence-electron chi connectivity index (χ1n) is 3.85. The fourth-order valence-electron chi connectivity index (χ4n) is 1.41. The number of carbonyl (C=O) groups is 1. The summed E-state index contributed by atoms with van der Waals surface area (Å²) in [5, 5.41) is 2.71. The smallest absolute Gasteiger partial charge is 0.245 e. The highest BCUT2D eigenvalue weighted by Gasteiger charge is 2.26. The van der Waals surface area contributed by atoms with E-state index in [-0.39, 0.29) is 5.91 Å². The highest BCUT2D eigenvalue weighted by Crippen LogP contribution is 2.29. The van der Waals surface area contributed by atoms with E-state index in [1.807, 2.05) is 25.1 Å². The lowest BCUT2D eigenvalue weighted by atomic mass is 10.1. The normalized spacial score (nSPS) is 20.5. The first kappa shape index (κ1) is 7.31. The number of carbonyl (C=O) groups excluding carboxylic acids is 1. The van der Waals surface area contributed by atoms with E-state index in [1.54, 1.807) is 0 Å². The molecule has 1 aliphatic heterocycles. The van der Waals surface area contributed by atoms with Crippen molar-refractivity contribution in [3.8, 4) is 0 Å². The van der Waals surface area contributed by atoms with Gasteiger partial charge in [0.1, 0.15) is 6.04 Å². The second kappa shape index (κ2) is 2.32. The maximum atomic E-state index is 11.1. The summed E-state index contributed by atoms with van der Waals surface area (Å²) >= 11 is 0. The zero-order valence-corrected chi connectivity index (χ0v) is 6.79. The fraction of sp³-hybridized carbons (Fsp3) is 0.222. The van der Waals surface area contributed by atoms with Crippen molar-refractivity contribution in [2.24, 2.45) is 5.73 Å². The van der Waals surface area contributed by atoms with E-state index in [1.165, 1.54) is 0 Å². The molecule has 1 amide bonds. The van der Waals surface area contributed by atoms with Crippen LogP contribution in [0.1, 0.15) is 17.2 Å². The summed E-state index contributed by atoms with van der Waals surface area (Å²) in [5.41, 5.74) is 8.52. The summed E-state index contributed by atoms with van der Waals surface area (Å²) in [4.78, 5) is 11.1. The van der Waals surface area contributed by atoms with Crippen LogP contribution in [-0.2, 0) is 4.79 Å². The molecule has 0 spiro atoms. The van der Waals surface area contributed by atoms with Crippen LogP contribution < -0.4 is 11.1 Å². The zero-order valence-electron chi connectivity index (χ0n) is 6.79. The van der Waals surface area contributed by atoms with Crippen molar-refractivity contribution in [2.45, 2.75) is 13.0 Å². The topological polar surface area (TPSA) is 55.1 Å². The fourth-order valence-corrected chi connectivity index (χ4v) is 1.41. The summed E-state index contributed by atoms with van der Waals surface area (Å²) in [6.45, 7) is 1.98. The Hall–Kier alpha value is -1.35. The van der Waals surface area contributed by atoms with Crippen LogP contribution in [0.25, 0.3) is 0 Å². The zero-order chi connectivity index (χ0) is 8.72. The second-order valence-corrected chi connectivity index (χ2v) is 3.06. The van der Waals surface area contributed by atoms with Crippen LogP contribution >= 0.6 is 0 Å². The Morgan fingerprint density at radius 2 is 2.25 bits per heavy atom. The van der Waals surface area contributed by atoms with Crippen molar-refractivity contribution in [1.29, 1.82) is 0 Å². The molecule has 2 rings (SSSR count). The van der Waals surface area contributed by atoms with Gasteiger partial charge >= 0.3 is 0 Å². The second-order valence-electron chi connectivity index (χ2n) is 3.06. The molecule has 0 aliphatic carbocycles. The summed E-state index contributed by atoms with van der Waals surface area (Å²) < 4.78 is 0. The van der Waals surface area contributed by atoms with Crippen LogP contribution in [0.15, 0.2) is 18.2 Å². The molecule has 1 heterocycles. The van der Waals surface area contributed by atoms with Crippen LogP contribution in [0.2, 0.25) is 0 Å². The number of aryl methyl sites for hydroxylation is 1. The van der Waals surface area contributed by atoms with Crippen LogP contribution in [0, 0.1) is 6.92 Å². The number of rotatable bonds is 0. The van der Waals surface area contributed by atoms with E-state index in [2.05, 4.69) is 5.32 Å². The van der Waals surface area contributed by atoms with Crippen molar-refractivity contribution in [2.75, 3.05) is 5.32 Å². The van der Waals surface area contributed by atoms with Gasteiger partial charge in [0, 0.05) is 11.3 Å². The Morgan fingerprint density at radius 1 is 1.50 bits per heavy atom. The number of hydrogen-bond donors (Lipinski definition) is 2. The lowest BCUT2D eigenvalue weighted by Gasteiger charge is -2.01. The summed E-state index contributed by atoms with van der Waals surface area (Å²) in [6.07, 6.45) is 0. The molecular formula is C9H10N2O. The van der Waals surface area contributed by atoms with Crippen molar-refractivity contribution in [3.05, 3.63) is 29.3 Å². The van der Waals surface area contributed by atoms with E-state index in [9.17, 15) is 4.79 Å². The van der Waals surface area contributed by atoms with Crippen LogP contribution in [0.5, 0.6) is 0 Å². The highest BCUT2D eigenvalue weighted by molar-refractivity contribution is 6.02. The third-order valence-electron chi connectivity index (χ3n) is 2.08. The van der Waals surface area contributed by atoms with Gasteiger partial charge in [-0.05, 0) is 13.0 Å². The Balaban J connectivity index is 2.55. The molecule has 0 saturated heterocycles. The van der Waals surface area contributed by atoms with Gasteiger partial charge in [0.05, 0.1) is 0 Å². The van der Waals surface area contributed by atoms with Crippen molar-refractivity contribution in [3.63, 3.8) is 0 Å². The Bertz CT molecular complexity index is 346. The largest absolute Gasteiger partial charge is 0.324 e. The van der Waals surface area contributed by atoms with E-state index in [4.69, 9.17) is 5.73 Å². The molecule has 0 aromatic heterocycles. The first-order valence-corrected chi connectivity index (χ1v) is 3.85. The van der Waals surface area contributed by atoms with Gasteiger partial charge in [0.25, 0.3) is 0 Å². The molecule has 1 atom stereocenters. The molecule has 0 bridgehead atoms. The van der Waals surface area contributed by atoms with Crippen molar-refractivity contribution >= 4 is 11.6 Å². The lowest BCUT2D eigenvalue weighted by molar-refractivity contribution is -0.116. The van der Waals surface area contributed by atoms with Gasteiger partial charge in [-0.15, -0.1) is 0 Å². The molecule has 3 N–H and O–H groups in total. The van der Waals surface area contributed by atoms with Gasteiger partial charge in [-0.1, -0.05) is 17.7 Å². The molecule has 62 valence electrons. The lowest BCUT2D eigenvalue weighted by Crippen LogP contribution is -2.19. The minimum atomic E-state index is -0.486. The third-order valence-corrected chi connectivity index (χ3v) is 2.08. The molecular weight excluding hydrogens is 152 g/mol. The predicted molar refractivity (Wildman–Crippen MR) is 46.7 cm³/mol. The minimum Gasteiger partial charge on any atom is -0.324 e. The maximum absolute atomic E-state index is 11.1. The Labute approximate surface area is 70.6 Å².